The lowest BCUT2D eigenvalue weighted by Crippen LogP contribution is -2.04. The fourth-order valence-corrected chi connectivity index (χ4v) is 1.01. The summed E-state index contributed by atoms with van der Waals surface area (Å²) in [5.41, 5.74) is 1.66. The van der Waals surface area contributed by atoms with Crippen molar-refractivity contribution in [3.05, 3.63) is 47.5 Å². The summed E-state index contributed by atoms with van der Waals surface area (Å²) in [6.07, 6.45) is 8.12. The highest BCUT2D eigenvalue weighted by molar-refractivity contribution is 5.89. The third-order valence-electron chi connectivity index (χ3n) is 1.81. The van der Waals surface area contributed by atoms with Crippen molar-refractivity contribution in [2.24, 2.45) is 0 Å². The van der Waals surface area contributed by atoms with Crippen LogP contribution in [0.2, 0.25) is 0 Å². The fourth-order valence-electron chi connectivity index (χ4n) is 1.01. The lowest BCUT2D eigenvalue weighted by molar-refractivity contribution is 0.0549. The summed E-state index contributed by atoms with van der Waals surface area (Å²) < 4.78 is 4.95. The van der Waals surface area contributed by atoms with Gasteiger partial charge in [0, 0.05) is 0 Å². The third-order valence-corrected chi connectivity index (χ3v) is 1.81. The maximum absolute atomic E-state index is 11.4. The molecule has 0 radical (unpaired) electrons. The lowest BCUT2D eigenvalue weighted by atomic mass is 10.1. The number of hydrogen-bond acceptors (Lipinski definition) is 2. The SMILES string of the molecule is C#C/C=C/COC(=O)c1ccc(C)cc1. The molecule has 0 unspecified atom stereocenters. The number of rotatable bonds is 3. The molecule has 0 N–H and O–H groups in total. The molecule has 0 aliphatic heterocycles. The van der Waals surface area contributed by atoms with E-state index in [-0.39, 0.29) is 12.6 Å². The van der Waals surface area contributed by atoms with Gasteiger partial charge in [0.25, 0.3) is 0 Å². The highest BCUT2D eigenvalue weighted by Gasteiger charge is 2.04. The van der Waals surface area contributed by atoms with Crippen LogP contribution in [0.1, 0.15) is 15.9 Å². The molecule has 0 saturated heterocycles. The fraction of sp³-hybridized carbons (Fsp3) is 0.154. The van der Waals surface area contributed by atoms with E-state index in [4.69, 9.17) is 11.2 Å². The molecule has 1 aromatic carbocycles. The normalized spacial score (nSPS) is 9.87. The first kappa shape index (κ1) is 11.1. The van der Waals surface area contributed by atoms with Gasteiger partial charge in [-0.1, -0.05) is 23.6 Å². The second-order valence-corrected chi connectivity index (χ2v) is 3.03. The Balaban J connectivity index is 2.51. The van der Waals surface area contributed by atoms with Crippen molar-refractivity contribution in [3.8, 4) is 12.3 Å². The van der Waals surface area contributed by atoms with Gasteiger partial charge in [0.2, 0.25) is 0 Å². The monoisotopic (exact) mass is 200 g/mol. The molecule has 0 atom stereocenters. The van der Waals surface area contributed by atoms with Crippen molar-refractivity contribution in [2.75, 3.05) is 6.61 Å². The number of aryl methyl sites for hydroxylation is 1. The van der Waals surface area contributed by atoms with Crippen LogP contribution in [-0.2, 0) is 4.74 Å². The van der Waals surface area contributed by atoms with Gasteiger partial charge in [-0.15, -0.1) is 6.42 Å². The minimum Gasteiger partial charge on any atom is -0.458 e. The van der Waals surface area contributed by atoms with Crippen molar-refractivity contribution in [3.63, 3.8) is 0 Å². The summed E-state index contributed by atoms with van der Waals surface area (Å²) in [5, 5.41) is 0. The number of benzene rings is 1. The van der Waals surface area contributed by atoms with Crippen molar-refractivity contribution in [1.29, 1.82) is 0 Å². The van der Waals surface area contributed by atoms with Gasteiger partial charge in [-0.2, -0.15) is 0 Å². The standard InChI is InChI=1S/C13H12O2/c1-3-4-5-10-15-13(14)12-8-6-11(2)7-9-12/h1,4-9H,10H2,2H3/b5-4+. The van der Waals surface area contributed by atoms with Crippen LogP contribution in [0.5, 0.6) is 0 Å². The van der Waals surface area contributed by atoms with E-state index in [1.807, 2.05) is 19.1 Å². The molecule has 0 aliphatic rings. The van der Waals surface area contributed by atoms with E-state index in [0.717, 1.165) is 5.56 Å². The molecule has 0 spiro atoms. The van der Waals surface area contributed by atoms with Crippen LogP contribution in [-0.4, -0.2) is 12.6 Å². The summed E-state index contributed by atoms with van der Waals surface area (Å²) in [5.74, 6) is 1.98. The number of terminal acetylenes is 1. The molecule has 0 fully saturated rings. The maximum Gasteiger partial charge on any atom is 0.338 e. The number of allylic oxidation sites excluding steroid dienone is 1. The van der Waals surface area contributed by atoms with Crippen molar-refractivity contribution in [1.82, 2.24) is 0 Å². The van der Waals surface area contributed by atoms with Crippen molar-refractivity contribution >= 4 is 5.97 Å². The molecule has 2 nitrogen and oxygen atoms in total. The number of ether oxygens (including phenoxy) is 1. The van der Waals surface area contributed by atoms with E-state index < -0.39 is 0 Å². The maximum atomic E-state index is 11.4. The second kappa shape index (κ2) is 5.66. The van der Waals surface area contributed by atoms with Gasteiger partial charge in [-0.3, -0.25) is 0 Å². The predicted molar refractivity (Wildman–Crippen MR) is 59.4 cm³/mol. The molecule has 0 saturated carbocycles. The molecule has 1 aromatic rings. The largest absolute Gasteiger partial charge is 0.458 e. The second-order valence-electron chi connectivity index (χ2n) is 3.03. The quantitative estimate of drug-likeness (QED) is 0.553. The minimum atomic E-state index is -0.336. The summed E-state index contributed by atoms with van der Waals surface area (Å²) >= 11 is 0. The van der Waals surface area contributed by atoms with Crippen LogP contribution >= 0.6 is 0 Å². The Bertz CT molecular complexity index is 394. The average Bonchev–Trinajstić information content (AvgIpc) is 2.25. The topological polar surface area (TPSA) is 26.3 Å². The number of esters is 1. The van der Waals surface area contributed by atoms with Crippen LogP contribution in [0.3, 0.4) is 0 Å². The molecule has 1 rings (SSSR count). The summed E-state index contributed by atoms with van der Waals surface area (Å²) in [7, 11) is 0. The van der Waals surface area contributed by atoms with Crippen molar-refractivity contribution < 1.29 is 9.53 Å². The molecule has 0 amide bonds. The number of carbonyl (C=O) groups excluding carboxylic acids is 1. The van der Waals surface area contributed by atoms with Gasteiger partial charge >= 0.3 is 5.97 Å². The first-order valence-corrected chi connectivity index (χ1v) is 4.59. The third kappa shape index (κ3) is 3.70. The van der Waals surface area contributed by atoms with Crippen LogP contribution in [0, 0.1) is 19.3 Å². The Morgan fingerprint density at radius 1 is 1.47 bits per heavy atom. The molecule has 0 bridgehead atoms. The molecule has 2 heteroatoms. The van der Waals surface area contributed by atoms with E-state index in [9.17, 15) is 4.79 Å². The van der Waals surface area contributed by atoms with Gasteiger partial charge in [-0.05, 0) is 31.2 Å². The zero-order chi connectivity index (χ0) is 11.1. The number of hydrogen-bond donors (Lipinski definition) is 0. The average molecular weight is 200 g/mol. The van der Waals surface area contributed by atoms with Gasteiger partial charge in [0.15, 0.2) is 0 Å². The summed E-state index contributed by atoms with van der Waals surface area (Å²) in [4.78, 5) is 11.4. The Kier molecular flexibility index (Phi) is 4.18. The number of carbonyl (C=O) groups is 1. The Morgan fingerprint density at radius 3 is 2.73 bits per heavy atom. The Morgan fingerprint density at radius 2 is 2.13 bits per heavy atom. The molecular weight excluding hydrogens is 188 g/mol. The van der Waals surface area contributed by atoms with Crippen LogP contribution in [0.25, 0.3) is 0 Å². The van der Waals surface area contributed by atoms with Gasteiger partial charge in [0.1, 0.15) is 6.61 Å². The molecular formula is C13H12O2. The highest BCUT2D eigenvalue weighted by atomic mass is 16.5. The van der Waals surface area contributed by atoms with E-state index in [0.29, 0.717) is 5.56 Å². The summed E-state index contributed by atoms with van der Waals surface area (Å²) in [6, 6.07) is 7.22. The van der Waals surface area contributed by atoms with Crippen LogP contribution in [0.4, 0.5) is 0 Å². The molecule has 0 aromatic heterocycles. The molecule has 76 valence electrons. The zero-order valence-electron chi connectivity index (χ0n) is 8.57. The Labute approximate surface area is 89.6 Å². The van der Waals surface area contributed by atoms with E-state index in [2.05, 4.69) is 5.92 Å². The van der Waals surface area contributed by atoms with E-state index >= 15 is 0 Å². The molecule has 0 aliphatic carbocycles. The predicted octanol–water partition coefficient (Wildman–Crippen LogP) is 2.34. The van der Waals surface area contributed by atoms with E-state index in [1.54, 1.807) is 18.2 Å². The first-order valence-electron chi connectivity index (χ1n) is 4.59. The lowest BCUT2D eigenvalue weighted by Gasteiger charge is -2.01. The Hall–Kier alpha value is -2.01. The zero-order valence-corrected chi connectivity index (χ0v) is 8.57. The van der Waals surface area contributed by atoms with Gasteiger partial charge in [0.05, 0.1) is 5.56 Å². The van der Waals surface area contributed by atoms with Gasteiger partial charge in [-0.25, -0.2) is 4.79 Å². The molecule has 0 heterocycles. The van der Waals surface area contributed by atoms with Crippen LogP contribution < -0.4 is 0 Å². The minimum absolute atomic E-state index is 0.205. The van der Waals surface area contributed by atoms with E-state index in [1.165, 1.54) is 6.08 Å². The highest BCUT2D eigenvalue weighted by Crippen LogP contribution is 2.04. The van der Waals surface area contributed by atoms with Crippen molar-refractivity contribution in [2.45, 2.75) is 6.92 Å². The summed E-state index contributed by atoms with van der Waals surface area (Å²) in [6.45, 7) is 2.17. The molecule has 15 heavy (non-hydrogen) atoms. The smallest absolute Gasteiger partial charge is 0.338 e. The van der Waals surface area contributed by atoms with Gasteiger partial charge < -0.3 is 4.74 Å². The van der Waals surface area contributed by atoms with Crippen LogP contribution in [0.15, 0.2) is 36.4 Å². The first-order chi connectivity index (χ1) is 7.24.